The van der Waals surface area contributed by atoms with E-state index in [-0.39, 0.29) is 0 Å². The first-order chi connectivity index (χ1) is 7.31. The van der Waals surface area contributed by atoms with Crippen molar-refractivity contribution < 1.29 is 4.79 Å². The summed E-state index contributed by atoms with van der Waals surface area (Å²) in [7, 11) is 1.98. The van der Waals surface area contributed by atoms with E-state index >= 15 is 0 Å². The molecular formula is C11H9N3O. The second kappa shape index (κ2) is 2.70. The number of benzene rings is 1. The van der Waals surface area contributed by atoms with Crippen LogP contribution in [-0.4, -0.2) is 21.1 Å². The number of H-pyrrole nitrogens is 1. The van der Waals surface area contributed by atoms with E-state index < -0.39 is 0 Å². The molecule has 0 fully saturated rings. The molecule has 4 heteroatoms. The third-order valence-electron chi connectivity index (χ3n) is 2.76. The lowest BCUT2D eigenvalue weighted by atomic mass is 10.1. The Morgan fingerprint density at radius 2 is 2.27 bits per heavy atom. The van der Waals surface area contributed by atoms with Gasteiger partial charge in [-0.15, -0.1) is 0 Å². The highest BCUT2D eigenvalue weighted by Crippen LogP contribution is 2.26. The third kappa shape index (κ3) is 0.958. The number of aryl methyl sites for hydroxylation is 1. The molecule has 3 aromatic rings. The average molecular weight is 199 g/mol. The van der Waals surface area contributed by atoms with Crippen molar-refractivity contribution in [1.82, 2.24) is 14.8 Å². The van der Waals surface area contributed by atoms with Gasteiger partial charge in [-0.2, -0.15) is 5.10 Å². The fourth-order valence-electron chi connectivity index (χ4n) is 1.99. The minimum absolute atomic E-state index is 0.691. The van der Waals surface area contributed by atoms with Gasteiger partial charge in [-0.25, -0.2) is 0 Å². The second-order valence-corrected chi connectivity index (χ2v) is 3.59. The summed E-state index contributed by atoms with van der Waals surface area (Å²) in [6.45, 7) is 0. The number of carbonyl (C=O) groups excluding carboxylic acids is 1. The van der Waals surface area contributed by atoms with Gasteiger partial charge in [-0.3, -0.25) is 9.89 Å². The minimum atomic E-state index is 0.691. The fraction of sp³-hybridized carbons (Fsp3) is 0.0909. The zero-order chi connectivity index (χ0) is 10.4. The highest BCUT2D eigenvalue weighted by atomic mass is 16.1. The SMILES string of the molecule is Cn1c2ccc(C=O)cc2c2cn[nH]c21. The van der Waals surface area contributed by atoms with Crippen LogP contribution in [0.25, 0.3) is 21.9 Å². The molecule has 2 aromatic heterocycles. The van der Waals surface area contributed by atoms with Crippen molar-refractivity contribution in [1.29, 1.82) is 0 Å². The highest BCUT2D eigenvalue weighted by Gasteiger charge is 2.09. The Balaban J connectivity index is 2.56. The van der Waals surface area contributed by atoms with Crippen molar-refractivity contribution in [3.8, 4) is 0 Å². The van der Waals surface area contributed by atoms with Gasteiger partial charge in [0.2, 0.25) is 0 Å². The first-order valence-corrected chi connectivity index (χ1v) is 4.68. The van der Waals surface area contributed by atoms with Gasteiger partial charge in [0.05, 0.1) is 11.7 Å². The molecule has 0 amide bonds. The lowest BCUT2D eigenvalue weighted by Gasteiger charge is -1.96. The normalized spacial score (nSPS) is 11.3. The van der Waals surface area contributed by atoms with Gasteiger partial charge in [0.1, 0.15) is 11.9 Å². The number of hydrogen-bond acceptors (Lipinski definition) is 2. The maximum atomic E-state index is 10.7. The Morgan fingerprint density at radius 1 is 1.40 bits per heavy atom. The topological polar surface area (TPSA) is 50.7 Å². The zero-order valence-electron chi connectivity index (χ0n) is 8.19. The molecule has 0 aliphatic heterocycles. The summed E-state index contributed by atoms with van der Waals surface area (Å²) >= 11 is 0. The number of nitrogens with zero attached hydrogens (tertiary/aromatic N) is 2. The fourth-order valence-corrected chi connectivity index (χ4v) is 1.99. The number of rotatable bonds is 1. The lowest BCUT2D eigenvalue weighted by Crippen LogP contribution is -1.88. The number of aldehydes is 1. The molecular weight excluding hydrogens is 190 g/mol. The Labute approximate surface area is 85.5 Å². The van der Waals surface area contributed by atoms with Gasteiger partial charge in [-0.1, -0.05) is 0 Å². The maximum absolute atomic E-state index is 10.7. The number of carbonyl (C=O) groups is 1. The van der Waals surface area contributed by atoms with E-state index in [9.17, 15) is 4.79 Å². The van der Waals surface area contributed by atoms with Crippen LogP contribution in [0, 0.1) is 0 Å². The molecule has 0 saturated heterocycles. The Hall–Kier alpha value is -2.10. The van der Waals surface area contributed by atoms with Gasteiger partial charge in [-0.05, 0) is 18.2 Å². The summed E-state index contributed by atoms with van der Waals surface area (Å²) in [4.78, 5) is 10.7. The van der Waals surface area contributed by atoms with E-state index in [0.717, 1.165) is 28.2 Å². The highest BCUT2D eigenvalue weighted by molar-refractivity contribution is 6.07. The number of nitrogens with one attached hydrogen (secondary N) is 1. The van der Waals surface area contributed by atoms with Crippen LogP contribution in [0.15, 0.2) is 24.4 Å². The van der Waals surface area contributed by atoms with Gasteiger partial charge in [0.15, 0.2) is 0 Å². The minimum Gasteiger partial charge on any atom is -0.329 e. The molecule has 0 aliphatic rings. The molecule has 0 aliphatic carbocycles. The van der Waals surface area contributed by atoms with E-state index in [4.69, 9.17) is 0 Å². The van der Waals surface area contributed by atoms with Crippen molar-refractivity contribution in [2.45, 2.75) is 0 Å². The van der Waals surface area contributed by atoms with Crippen molar-refractivity contribution >= 4 is 28.2 Å². The molecule has 1 aromatic carbocycles. The van der Waals surface area contributed by atoms with Crippen LogP contribution in [-0.2, 0) is 7.05 Å². The first kappa shape index (κ1) is 8.23. The predicted octanol–water partition coefficient (Wildman–Crippen LogP) is 1.87. The molecule has 0 saturated carbocycles. The molecule has 0 radical (unpaired) electrons. The predicted molar refractivity (Wildman–Crippen MR) is 58.0 cm³/mol. The van der Waals surface area contributed by atoms with Crippen molar-refractivity contribution in [3.05, 3.63) is 30.0 Å². The van der Waals surface area contributed by atoms with Gasteiger partial charge >= 0.3 is 0 Å². The van der Waals surface area contributed by atoms with Crippen LogP contribution in [0.4, 0.5) is 0 Å². The Kier molecular flexibility index (Phi) is 1.48. The summed E-state index contributed by atoms with van der Waals surface area (Å²) in [6, 6.07) is 5.66. The van der Waals surface area contributed by atoms with Gasteiger partial charge < -0.3 is 4.57 Å². The molecule has 4 nitrogen and oxygen atoms in total. The van der Waals surface area contributed by atoms with Crippen LogP contribution in [0.2, 0.25) is 0 Å². The number of fused-ring (bicyclic) bond motifs is 3. The molecule has 74 valence electrons. The number of hydrogen-bond donors (Lipinski definition) is 1. The van der Waals surface area contributed by atoms with Crippen molar-refractivity contribution in [2.75, 3.05) is 0 Å². The van der Waals surface area contributed by atoms with E-state index in [0.29, 0.717) is 5.56 Å². The maximum Gasteiger partial charge on any atom is 0.150 e. The Morgan fingerprint density at radius 3 is 3.07 bits per heavy atom. The molecule has 1 N–H and O–H groups in total. The van der Waals surface area contributed by atoms with Gasteiger partial charge in [0.25, 0.3) is 0 Å². The molecule has 2 heterocycles. The number of aromatic amines is 1. The molecule has 15 heavy (non-hydrogen) atoms. The summed E-state index contributed by atoms with van der Waals surface area (Å²) in [5.41, 5.74) is 2.77. The molecule has 0 unspecified atom stereocenters. The quantitative estimate of drug-likeness (QED) is 0.608. The summed E-state index contributed by atoms with van der Waals surface area (Å²) in [6.07, 6.45) is 2.64. The molecule has 0 spiro atoms. The van der Waals surface area contributed by atoms with Crippen molar-refractivity contribution in [3.63, 3.8) is 0 Å². The smallest absolute Gasteiger partial charge is 0.150 e. The van der Waals surface area contributed by atoms with E-state index in [2.05, 4.69) is 10.2 Å². The van der Waals surface area contributed by atoms with E-state index in [1.54, 1.807) is 6.20 Å². The van der Waals surface area contributed by atoms with Gasteiger partial charge in [0, 0.05) is 23.4 Å². The summed E-state index contributed by atoms with van der Waals surface area (Å²) in [5, 5.41) is 9.05. The van der Waals surface area contributed by atoms with Crippen LogP contribution >= 0.6 is 0 Å². The van der Waals surface area contributed by atoms with E-state index in [1.807, 2.05) is 29.8 Å². The summed E-state index contributed by atoms with van der Waals surface area (Å²) in [5.74, 6) is 0. The molecule has 0 atom stereocenters. The molecule has 0 bridgehead atoms. The largest absolute Gasteiger partial charge is 0.329 e. The monoisotopic (exact) mass is 199 g/mol. The average Bonchev–Trinajstić information content (AvgIpc) is 2.83. The van der Waals surface area contributed by atoms with Crippen molar-refractivity contribution in [2.24, 2.45) is 7.05 Å². The summed E-state index contributed by atoms with van der Waals surface area (Å²) < 4.78 is 2.03. The van der Waals surface area contributed by atoms with Crippen LogP contribution in [0.1, 0.15) is 10.4 Å². The first-order valence-electron chi connectivity index (χ1n) is 4.68. The standard InChI is InChI=1S/C11H9N3O/c1-14-10-3-2-7(6-15)4-8(10)9-5-12-13-11(9)14/h2-6H,1H3,(H,12,13). The van der Waals surface area contributed by atoms with Crippen LogP contribution in [0.3, 0.4) is 0 Å². The lowest BCUT2D eigenvalue weighted by molar-refractivity contribution is 0.112. The zero-order valence-corrected chi connectivity index (χ0v) is 8.19. The second-order valence-electron chi connectivity index (χ2n) is 3.59. The van der Waals surface area contributed by atoms with E-state index in [1.165, 1.54) is 0 Å². The number of aromatic nitrogens is 3. The van der Waals surface area contributed by atoms with Crippen LogP contribution < -0.4 is 0 Å². The Bertz CT molecular complexity index is 663. The van der Waals surface area contributed by atoms with Crippen LogP contribution in [0.5, 0.6) is 0 Å². The third-order valence-corrected chi connectivity index (χ3v) is 2.76. The molecule has 3 rings (SSSR count).